The number of aliphatic hydroxyl groups excluding tert-OH is 1. The van der Waals surface area contributed by atoms with E-state index in [0.29, 0.717) is 12.6 Å². The Morgan fingerprint density at radius 3 is 2.57 bits per heavy atom. The van der Waals surface area contributed by atoms with Crippen LogP contribution in [0.5, 0.6) is 0 Å². The van der Waals surface area contributed by atoms with Crippen LogP contribution in [-0.4, -0.2) is 53.1 Å². The Morgan fingerprint density at radius 1 is 1.33 bits per heavy atom. The molecule has 0 aliphatic carbocycles. The summed E-state index contributed by atoms with van der Waals surface area (Å²) in [6.07, 6.45) is 1.98. The molecule has 1 aromatic carbocycles. The maximum atomic E-state index is 11.4. The van der Waals surface area contributed by atoms with Crippen LogP contribution in [0.2, 0.25) is 0 Å². The standard InChI is InChI=1S/C17H26N2O2/c1-14-5-3-4-6-16(14)13-19(11-12-20)17-7-9-18(10-8-17)15(2)21/h3-6,17,20H,7-13H2,1-2H3. The molecule has 1 saturated heterocycles. The molecule has 4 nitrogen and oxygen atoms in total. The molecular weight excluding hydrogens is 264 g/mol. The monoisotopic (exact) mass is 290 g/mol. The van der Waals surface area contributed by atoms with Gasteiger partial charge in [0.15, 0.2) is 0 Å². The Hall–Kier alpha value is -1.39. The average molecular weight is 290 g/mol. The number of carbonyl (C=O) groups is 1. The molecule has 1 amide bonds. The molecule has 1 fully saturated rings. The number of rotatable bonds is 5. The van der Waals surface area contributed by atoms with Crippen LogP contribution in [0.15, 0.2) is 24.3 Å². The topological polar surface area (TPSA) is 43.8 Å². The largest absolute Gasteiger partial charge is 0.395 e. The maximum Gasteiger partial charge on any atom is 0.219 e. The first-order chi connectivity index (χ1) is 10.1. The van der Waals surface area contributed by atoms with Gasteiger partial charge in [0.25, 0.3) is 0 Å². The van der Waals surface area contributed by atoms with E-state index in [9.17, 15) is 9.90 Å². The molecule has 0 spiro atoms. The molecule has 116 valence electrons. The summed E-state index contributed by atoms with van der Waals surface area (Å²) in [5, 5.41) is 9.35. The van der Waals surface area contributed by atoms with E-state index in [0.717, 1.165) is 32.5 Å². The highest BCUT2D eigenvalue weighted by molar-refractivity contribution is 5.73. The van der Waals surface area contributed by atoms with Crippen LogP contribution in [0.25, 0.3) is 0 Å². The second-order valence-corrected chi connectivity index (χ2v) is 5.86. The number of likely N-dealkylation sites (tertiary alicyclic amines) is 1. The van der Waals surface area contributed by atoms with Gasteiger partial charge in [0.2, 0.25) is 5.91 Å². The number of aliphatic hydroxyl groups is 1. The molecule has 0 saturated carbocycles. The van der Waals surface area contributed by atoms with Crippen molar-refractivity contribution < 1.29 is 9.90 Å². The summed E-state index contributed by atoms with van der Waals surface area (Å²) < 4.78 is 0. The van der Waals surface area contributed by atoms with Crippen molar-refractivity contribution >= 4 is 5.91 Å². The summed E-state index contributed by atoms with van der Waals surface area (Å²) >= 11 is 0. The zero-order valence-electron chi connectivity index (χ0n) is 13.1. The fourth-order valence-corrected chi connectivity index (χ4v) is 3.07. The van der Waals surface area contributed by atoms with Gasteiger partial charge in [-0.15, -0.1) is 0 Å². The first-order valence-electron chi connectivity index (χ1n) is 7.76. The Bertz CT molecular complexity index is 468. The summed E-state index contributed by atoms with van der Waals surface area (Å²) in [6.45, 7) is 7.17. The van der Waals surface area contributed by atoms with E-state index in [1.807, 2.05) is 4.90 Å². The minimum atomic E-state index is 0.168. The average Bonchev–Trinajstić information content (AvgIpc) is 2.49. The lowest BCUT2D eigenvalue weighted by atomic mass is 10.0. The number of nitrogens with zero attached hydrogens (tertiary/aromatic N) is 2. The highest BCUT2D eigenvalue weighted by Crippen LogP contribution is 2.20. The van der Waals surface area contributed by atoms with Crippen molar-refractivity contribution in [2.75, 3.05) is 26.2 Å². The molecule has 4 heteroatoms. The van der Waals surface area contributed by atoms with Crippen LogP contribution >= 0.6 is 0 Å². The van der Waals surface area contributed by atoms with Crippen LogP contribution < -0.4 is 0 Å². The molecular formula is C17H26N2O2. The van der Waals surface area contributed by atoms with Crippen molar-refractivity contribution in [3.05, 3.63) is 35.4 Å². The molecule has 21 heavy (non-hydrogen) atoms. The Kier molecular flexibility index (Phi) is 5.76. The van der Waals surface area contributed by atoms with Crippen molar-refractivity contribution in [1.82, 2.24) is 9.80 Å². The molecule has 0 bridgehead atoms. The predicted octanol–water partition coefficient (Wildman–Crippen LogP) is 1.80. The molecule has 0 atom stereocenters. The lowest BCUT2D eigenvalue weighted by Crippen LogP contribution is -2.46. The number of aryl methyl sites for hydroxylation is 1. The SMILES string of the molecule is CC(=O)N1CCC(N(CCO)Cc2ccccc2C)CC1. The van der Waals surface area contributed by atoms with Gasteiger partial charge in [0.05, 0.1) is 6.61 Å². The zero-order chi connectivity index (χ0) is 15.2. The van der Waals surface area contributed by atoms with Gasteiger partial charge in [-0.25, -0.2) is 0 Å². The predicted molar refractivity (Wildman–Crippen MR) is 84.0 cm³/mol. The second kappa shape index (κ2) is 7.57. The number of carbonyl (C=O) groups excluding carboxylic acids is 1. The third-order valence-electron chi connectivity index (χ3n) is 4.45. The van der Waals surface area contributed by atoms with E-state index in [2.05, 4.69) is 36.1 Å². The van der Waals surface area contributed by atoms with E-state index >= 15 is 0 Å². The summed E-state index contributed by atoms with van der Waals surface area (Å²) in [7, 11) is 0. The minimum Gasteiger partial charge on any atom is -0.395 e. The zero-order valence-corrected chi connectivity index (χ0v) is 13.1. The van der Waals surface area contributed by atoms with Gasteiger partial charge in [0.1, 0.15) is 0 Å². The molecule has 0 unspecified atom stereocenters. The molecule has 1 N–H and O–H groups in total. The van der Waals surface area contributed by atoms with E-state index in [-0.39, 0.29) is 12.5 Å². The molecule has 1 aromatic rings. The maximum absolute atomic E-state index is 11.4. The number of hydrogen-bond acceptors (Lipinski definition) is 3. The summed E-state index contributed by atoms with van der Waals surface area (Å²) in [5.41, 5.74) is 2.61. The summed E-state index contributed by atoms with van der Waals surface area (Å²) in [4.78, 5) is 15.7. The Labute approximate surface area is 127 Å². The van der Waals surface area contributed by atoms with Gasteiger partial charge in [-0.3, -0.25) is 9.69 Å². The lowest BCUT2D eigenvalue weighted by Gasteiger charge is -2.38. The highest BCUT2D eigenvalue weighted by Gasteiger charge is 2.25. The molecule has 1 aliphatic rings. The number of amides is 1. The number of piperidine rings is 1. The molecule has 2 rings (SSSR count). The summed E-state index contributed by atoms with van der Waals surface area (Å²) in [5.74, 6) is 0.168. The third kappa shape index (κ3) is 4.29. The van der Waals surface area contributed by atoms with Crippen molar-refractivity contribution in [1.29, 1.82) is 0 Å². The first kappa shape index (κ1) is 16.0. The fraction of sp³-hybridized carbons (Fsp3) is 0.588. The fourth-order valence-electron chi connectivity index (χ4n) is 3.07. The normalized spacial score (nSPS) is 16.5. The van der Waals surface area contributed by atoms with E-state index in [4.69, 9.17) is 0 Å². The minimum absolute atomic E-state index is 0.168. The molecule has 0 radical (unpaired) electrons. The van der Waals surface area contributed by atoms with Crippen LogP contribution in [0.3, 0.4) is 0 Å². The first-order valence-corrected chi connectivity index (χ1v) is 7.76. The van der Waals surface area contributed by atoms with Gasteiger partial charge >= 0.3 is 0 Å². The Balaban J connectivity index is 1.99. The van der Waals surface area contributed by atoms with Gasteiger partial charge in [-0.2, -0.15) is 0 Å². The quantitative estimate of drug-likeness (QED) is 0.899. The second-order valence-electron chi connectivity index (χ2n) is 5.86. The van der Waals surface area contributed by atoms with Crippen LogP contribution in [-0.2, 0) is 11.3 Å². The van der Waals surface area contributed by atoms with E-state index in [1.54, 1.807) is 6.92 Å². The molecule has 0 aromatic heterocycles. The number of hydrogen-bond donors (Lipinski definition) is 1. The van der Waals surface area contributed by atoms with Crippen molar-refractivity contribution in [3.63, 3.8) is 0 Å². The van der Waals surface area contributed by atoms with Crippen LogP contribution in [0.1, 0.15) is 30.9 Å². The van der Waals surface area contributed by atoms with Crippen LogP contribution in [0, 0.1) is 6.92 Å². The molecule has 1 aliphatic heterocycles. The number of benzene rings is 1. The van der Waals surface area contributed by atoms with Crippen molar-refractivity contribution in [2.24, 2.45) is 0 Å². The van der Waals surface area contributed by atoms with Gasteiger partial charge in [-0.1, -0.05) is 24.3 Å². The van der Waals surface area contributed by atoms with Crippen molar-refractivity contribution in [2.45, 2.75) is 39.3 Å². The smallest absolute Gasteiger partial charge is 0.219 e. The third-order valence-corrected chi connectivity index (χ3v) is 4.45. The van der Waals surface area contributed by atoms with Crippen LogP contribution in [0.4, 0.5) is 0 Å². The highest BCUT2D eigenvalue weighted by atomic mass is 16.3. The summed E-state index contributed by atoms with van der Waals surface area (Å²) in [6, 6.07) is 8.86. The van der Waals surface area contributed by atoms with Gasteiger partial charge in [-0.05, 0) is 30.9 Å². The van der Waals surface area contributed by atoms with E-state index in [1.165, 1.54) is 11.1 Å². The Morgan fingerprint density at radius 2 is 2.00 bits per heavy atom. The molecule has 1 heterocycles. The lowest BCUT2D eigenvalue weighted by molar-refractivity contribution is -0.130. The van der Waals surface area contributed by atoms with E-state index < -0.39 is 0 Å². The van der Waals surface area contributed by atoms with Gasteiger partial charge in [0, 0.05) is 39.1 Å². The van der Waals surface area contributed by atoms with Crippen molar-refractivity contribution in [3.8, 4) is 0 Å². The van der Waals surface area contributed by atoms with Gasteiger partial charge < -0.3 is 10.0 Å².